The number of fused-ring (bicyclic) bond motifs is 3. The molecular formula is C20H13FN2OS. The number of thiophene rings is 1. The first-order valence-corrected chi connectivity index (χ1v) is 8.90. The summed E-state index contributed by atoms with van der Waals surface area (Å²) >= 11 is 1.69. The van der Waals surface area contributed by atoms with Gasteiger partial charge in [0.05, 0.1) is 4.88 Å². The number of halogens is 1. The monoisotopic (exact) mass is 348 g/mol. The van der Waals surface area contributed by atoms with Crippen molar-refractivity contribution < 1.29 is 8.81 Å². The molecule has 1 aliphatic carbocycles. The zero-order valence-corrected chi connectivity index (χ0v) is 14.0. The Kier molecular flexibility index (Phi) is 3.28. The summed E-state index contributed by atoms with van der Waals surface area (Å²) in [5, 5.41) is 8.30. The van der Waals surface area contributed by atoms with Crippen LogP contribution in [-0.2, 0) is 12.8 Å². The van der Waals surface area contributed by atoms with E-state index >= 15 is 0 Å². The Morgan fingerprint density at radius 3 is 2.52 bits per heavy atom. The molecule has 5 heteroatoms. The zero-order valence-electron chi connectivity index (χ0n) is 13.2. The molecule has 0 saturated carbocycles. The highest BCUT2D eigenvalue weighted by Crippen LogP contribution is 2.42. The first kappa shape index (κ1) is 14.5. The van der Waals surface area contributed by atoms with Crippen LogP contribution < -0.4 is 0 Å². The smallest absolute Gasteiger partial charge is 0.258 e. The topological polar surface area (TPSA) is 38.9 Å². The molecule has 2 heterocycles. The summed E-state index contributed by atoms with van der Waals surface area (Å²) in [6, 6.07) is 16.7. The number of hydrogen-bond acceptors (Lipinski definition) is 4. The fraction of sp³-hybridized carbons (Fsp3) is 0.100. The molecule has 2 aromatic heterocycles. The van der Waals surface area contributed by atoms with Crippen molar-refractivity contribution in [2.45, 2.75) is 12.8 Å². The van der Waals surface area contributed by atoms with Crippen LogP contribution in [0.5, 0.6) is 0 Å². The molecule has 5 rings (SSSR count). The lowest BCUT2D eigenvalue weighted by Crippen LogP contribution is -2.00. The van der Waals surface area contributed by atoms with E-state index in [1.54, 1.807) is 23.5 Å². The highest BCUT2D eigenvalue weighted by Gasteiger charge is 2.21. The van der Waals surface area contributed by atoms with Gasteiger partial charge in [0.1, 0.15) is 5.82 Å². The molecule has 2 aromatic carbocycles. The Bertz CT molecular complexity index is 1070. The van der Waals surface area contributed by atoms with Gasteiger partial charge in [-0.2, -0.15) is 0 Å². The van der Waals surface area contributed by atoms with E-state index in [4.69, 9.17) is 4.42 Å². The molecule has 0 aliphatic heterocycles. The van der Waals surface area contributed by atoms with Gasteiger partial charge in [0, 0.05) is 10.4 Å². The Morgan fingerprint density at radius 1 is 0.880 bits per heavy atom. The minimum Gasteiger partial charge on any atom is -0.415 e. The van der Waals surface area contributed by atoms with E-state index in [1.807, 2.05) is 0 Å². The third-order valence-electron chi connectivity index (χ3n) is 4.46. The maximum absolute atomic E-state index is 13.1. The maximum atomic E-state index is 13.1. The van der Waals surface area contributed by atoms with Crippen LogP contribution in [0, 0.1) is 5.82 Å². The highest BCUT2D eigenvalue weighted by atomic mass is 32.1. The predicted molar refractivity (Wildman–Crippen MR) is 95.8 cm³/mol. The minimum absolute atomic E-state index is 0.284. The van der Waals surface area contributed by atoms with Gasteiger partial charge in [-0.05, 0) is 59.9 Å². The second kappa shape index (κ2) is 5.63. The van der Waals surface area contributed by atoms with E-state index in [0.29, 0.717) is 17.3 Å². The van der Waals surface area contributed by atoms with Crippen LogP contribution in [0.3, 0.4) is 0 Å². The molecule has 0 spiro atoms. The van der Waals surface area contributed by atoms with E-state index in [2.05, 4.69) is 40.5 Å². The van der Waals surface area contributed by atoms with E-state index in [1.165, 1.54) is 33.7 Å². The first-order valence-electron chi connectivity index (χ1n) is 8.09. The van der Waals surface area contributed by atoms with Gasteiger partial charge < -0.3 is 4.42 Å². The van der Waals surface area contributed by atoms with Crippen molar-refractivity contribution in [1.82, 2.24) is 10.2 Å². The third-order valence-corrected chi connectivity index (χ3v) is 5.66. The van der Waals surface area contributed by atoms with Crippen LogP contribution in [0.15, 0.2) is 59.0 Å². The number of aryl methyl sites for hydroxylation is 2. The Labute approximate surface area is 147 Å². The molecule has 0 atom stereocenters. The standard InChI is InChI=1S/C20H13FN2OS/c21-15-9-7-13(8-10-15)19-22-23-20(24-19)17-11-14-6-5-12-3-1-2-4-16(12)18(14)25-17/h1-4,7-11H,5-6H2. The molecule has 0 radical (unpaired) electrons. The third kappa shape index (κ3) is 2.48. The Balaban J connectivity index is 1.54. The fourth-order valence-electron chi connectivity index (χ4n) is 3.21. The van der Waals surface area contributed by atoms with Gasteiger partial charge in [-0.3, -0.25) is 0 Å². The van der Waals surface area contributed by atoms with Gasteiger partial charge in [0.15, 0.2) is 0 Å². The molecule has 0 amide bonds. The van der Waals surface area contributed by atoms with Gasteiger partial charge in [0.25, 0.3) is 5.89 Å². The second-order valence-electron chi connectivity index (χ2n) is 6.04. The molecular weight excluding hydrogens is 335 g/mol. The van der Waals surface area contributed by atoms with Crippen LogP contribution in [-0.4, -0.2) is 10.2 Å². The number of aromatic nitrogens is 2. The Hall–Kier alpha value is -2.79. The average Bonchev–Trinajstić information content (AvgIpc) is 3.29. The van der Waals surface area contributed by atoms with Crippen molar-refractivity contribution in [3.05, 3.63) is 71.5 Å². The Morgan fingerprint density at radius 2 is 1.64 bits per heavy atom. The molecule has 0 unspecified atom stereocenters. The maximum Gasteiger partial charge on any atom is 0.258 e. The van der Waals surface area contributed by atoms with Gasteiger partial charge >= 0.3 is 0 Å². The zero-order chi connectivity index (χ0) is 16.8. The number of benzene rings is 2. The molecule has 0 saturated heterocycles. The lowest BCUT2D eigenvalue weighted by molar-refractivity contribution is 0.585. The summed E-state index contributed by atoms with van der Waals surface area (Å²) in [6.07, 6.45) is 2.09. The fourth-order valence-corrected chi connectivity index (χ4v) is 4.40. The molecule has 4 aromatic rings. The average molecular weight is 348 g/mol. The molecule has 0 fully saturated rings. The van der Waals surface area contributed by atoms with Gasteiger partial charge in [-0.1, -0.05) is 24.3 Å². The summed E-state index contributed by atoms with van der Waals surface area (Å²) in [5.41, 5.74) is 4.74. The molecule has 3 nitrogen and oxygen atoms in total. The predicted octanol–water partition coefficient (Wildman–Crippen LogP) is 5.37. The lowest BCUT2D eigenvalue weighted by atomic mass is 9.91. The van der Waals surface area contributed by atoms with E-state index in [9.17, 15) is 4.39 Å². The summed E-state index contributed by atoms with van der Waals surface area (Å²) < 4.78 is 18.9. The van der Waals surface area contributed by atoms with E-state index in [0.717, 1.165) is 17.7 Å². The van der Waals surface area contributed by atoms with Crippen molar-refractivity contribution >= 4 is 11.3 Å². The summed E-state index contributed by atoms with van der Waals surface area (Å²) in [7, 11) is 0. The molecule has 0 bridgehead atoms. The molecule has 25 heavy (non-hydrogen) atoms. The normalized spacial score (nSPS) is 12.7. The van der Waals surface area contributed by atoms with Crippen molar-refractivity contribution in [3.8, 4) is 32.7 Å². The summed E-state index contributed by atoms with van der Waals surface area (Å²) in [5.74, 6) is 0.631. The minimum atomic E-state index is -0.284. The van der Waals surface area contributed by atoms with Crippen molar-refractivity contribution in [3.63, 3.8) is 0 Å². The second-order valence-corrected chi connectivity index (χ2v) is 7.09. The lowest BCUT2D eigenvalue weighted by Gasteiger charge is -2.15. The van der Waals surface area contributed by atoms with Gasteiger partial charge in [0.2, 0.25) is 5.89 Å². The first-order chi connectivity index (χ1) is 12.3. The van der Waals surface area contributed by atoms with Crippen LogP contribution in [0.25, 0.3) is 32.7 Å². The quantitative estimate of drug-likeness (QED) is 0.489. The van der Waals surface area contributed by atoms with Crippen molar-refractivity contribution in [2.24, 2.45) is 0 Å². The van der Waals surface area contributed by atoms with Crippen LogP contribution in [0.4, 0.5) is 4.39 Å². The summed E-state index contributed by atoms with van der Waals surface area (Å²) in [6.45, 7) is 0. The largest absolute Gasteiger partial charge is 0.415 e. The van der Waals surface area contributed by atoms with Crippen LogP contribution in [0.1, 0.15) is 11.1 Å². The number of nitrogens with zero attached hydrogens (tertiary/aromatic N) is 2. The van der Waals surface area contributed by atoms with Gasteiger partial charge in [-0.15, -0.1) is 21.5 Å². The molecule has 1 aliphatic rings. The van der Waals surface area contributed by atoms with Gasteiger partial charge in [-0.25, -0.2) is 4.39 Å². The summed E-state index contributed by atoms with van der Waals surface area (Å²) in [4.78, 5) is 2.26. The SMILES string of the molecule is Fc1ccc(-c2nnc(-c3cc4c(s3)-c3ccccc3CC4)o2)cc1. The van der Waals surface area contributed by atoms with E-state index in [-0.39, 0.29) is 5.82 Å². The van der Waals surface area contributed by atoms with Crippen molar-refractivity contribution in [1.29, 1.82) is 0 Å². The molecule has 122 valence electrons. The van der Waals surface area contributed by atoms with Crippen LogP contribution >= 0.6 is 11.3 Å². The number of hydrogen-bond donors (Lipinski definition) is 0. The highest BCUT2D eigenvalue weighted by molar-refractivity contribution is 7.19. The molecule has 0 N–H and O–H groups in total. The van der Waals surface area contributed by atoms with Crippen LogP contribution in [0.2, 0.25) is 0 Å². The van der Waals surface area contributed by atoms with Crippen molar-refractivity contribution in [2.75, 3.05) is 0 Å². The van der Waals surface area contributed by atoms with E-state index < -0.39 is 0 Å². The number of rotatable bonds is 2.